The zero-order valence-corrected chi connectivity index (χ0v) is 13.1. The Kier molecular flexibility index (Phi) is 5.26. The first-order chi connectivity index (χ1) is 10.4. The van der Waals surface area contributed by atoms with Gasteiger partial charge in [-0.25, -0.2) is 4.79 Å². The van der Waals surface area contributed by atoms with E-state index in [9.17, 15) is 14.4 Å². The summed E-state index contributed by atoms with van der Waals surface area (Å²) < 4.78 is 0. The predicted octanol–water partition coefficient (Wildman–Crippen LogP) is 1.04. The number of carbonyl (C=O) groups is 3. The van der Waals surface area contributed by atoms with Crippen LogP contribution in [0.5, 0.6) is 0 Å². The third-order valence-corrected chi connectivity index (χ3v) is 4.72. The largest absolute Gasteiger partial charge is 0.481 e. The lowest BCUT2D eigenvalue weighted by Gasteiger charge is -2.52. The molecule has 0 aromatic heterocycles. The van der Waals surface area contributed by atoms with Crippen LogP contribution in [0.1, 0.15) is 45.4 Å². The number of carboxylic acids is 1. The van der Waals surface area contributed by atoms with Crippen LogP contribution < -0.4 is 5.32 Å². The molecule has 22 heavy (non-hydrogen) atoms. The van der Waals surface area contributed by atoms with Gasteiger partial charge in [0, 0.05) is 33.1 Å². The Labute approximate surface area is 130 Å². The maximum Gasteiger partial charge on any atom is 0.317 e. The van der Waals surface area contributed by atoms with Gasteiger partial charge < -0.3 is 20.2 Å². The number of hydrogen-bond acceptors (Lipinski definition) is 3. The summed E-state index contributed by atoms with van der Waals surface area (Å²) in [5.41, 5.74) is -0.230. The SMILES string of the molecule is CC(=O)N1CCN(C(=O)NCCC(=O)O)CC12CCCCC2. The summed E-state index contributed by atoms with van der Waals surface area (Å²) in [5, 5.41) is 11.3. The average molecular weight is 311 g/mol. The fourth-order valence-corrected chi connectivity index (χ4v) is 3.67. The summed E-state index contributed by atoms with van der Waals surface area (Å²) in [6, 6.07) is -0.227. The van der Waals surface area contributed by atoms with Gasteiger partial charge in [-0.2, -0.15) is 0 Å². The quantitative estimate of drug-likeness (QED) is 0.815. The van der Waals surface area contributed by atoms with E-state index in [-0.39, 0.29) is 30.4 Å². The fourth-order valence-electron chi connectivity index (χ4n) is 3.67. The zero-order chi connectivity index (χ0) is 16.2. The molecule has 3 amide bonds. The number of piperazine rings is 1. The van der Waals surface area contributed by atoms with E-state index in [0.29, 0.717) is 19.6 Å². The van der Waals surface area contributed by atoms with Gasteiger partial charge in [-0.3, -0.25) is 9.59 Å². The van der Waals surface area contributed by atoms with Gasteiger partial charge in [-0.05, 0) is 12.8 Å². The molecule has 2 aliphatic rings. The Bertz CT molecular complexity index is 446. The first-order valence-electron chi connectivity index (χ1n) is 7.97. The normalized spacial score (nSPS) is 20.8. The van der Waals surface area contributed by atoms with Crippen LogP contribution in [-0.2, 0) is 9.59 Å². The second-order valence-electron chi connectivity index (χ2n) is 6.25. The van der Waals surface area contributed by atoms with Crippen molar-refractivity contribution < 1.29 is 19.5 Å². The summed E-state index contributed by atoms with van der Waals surface area (Å²) >= 11 is 0. The molecule has 0 unspecified atom stereocenters. The lowest BCUT2D eigenvalue weighted by molar-refractivity contribution is -0.141. The van der Waals surface area contributed by atoms with Gasteiger partial charge in [0.05, 0.1) is 12.0 Å². The average Bonchev–Trinajstić information content (AvgIpc) is 2.47. The molecule has 0 radical (unpaired) electrons. The van der Waals surface area contributed by atoms with Crippen molar-refractivity contribution in [2.45, 2.75) is 51.0 Å². The Balaban J connectivity index is 1.99. The number of rotatable bonds is 3. The summed E-state index contributed by atoms with van der Waals surface area (Å²) in [6.07, 6.45) is 5.13. The molecule has 2 rings (SSSR count). The van der Waals surface area contributed by atoms with Crippen molar-refractivity contribution in [2.75, 3.05) is 26.2 Å². The molecule has 1 heterocycles. The number of urea groups is 1. The maximum absolute atomic E-state index is 12.2. The van der Waals surface area contributed by atoms with Gasteiger partial charge in [0.2, 0.25) is 5.91 Å². The molecule has 1 aliphatic carbocycles. The van der Waals surface area contributed by atoms with Crippen molar-refractivity contribution in [3.63, 3.8) is 0 Å². The standard InChI is InChI=1S/C15H25N3O4/c1-12(19)18-10-9-17(14(22)16-8-5-13(20)21)11-15(18)6-3-2-4-7-15/h2-11H2,1H3,(H,16,22)(H,20,21). The smallest absolute Gasteiger partial charge is 0.317 e. The van der Waals surface area contributed by atoms with Gasteiger partial charge in [-0.15, -0.1) is 0 Å². The van der Waals surface area contributed by atoms with Crippen LogP contribution in [0, 0.1) is 0 Å². The highest BCUT2D eigenvalue weighted by atomic mass is 16.4. The highest BCUT2D eigenvalue weighted by Crippen LogP contribution is 2.36. The van der Waals surface area contributed by atoms with E-state index < -0.39 is 5.97 Å². The number of carboxylic acid groups (broad SMARTS) is 1. The molecule has 7 heteroatoms. The zero-order valence-electron chi connectivity index (χ0n) is 13.1. The molecule has 0 bridgehead atoms. The number of hydrogen-bond donors (Lipinski definition) is 2. The van der Waals surface area contributed by atoms with E-state index in [1.54, 1.807) is 11.8 Å². The molecule has 2 N–H and O–H groups in total. The number of nitrogens with zero attached hydrogens (tertiary/aromatic N) is 2. The Morgan fingerprint density at radius 3 is 2.41 bits per heavy atom. The van der Waals surface area contributed by atoms with Crippen molar-refractivity contribution in [3.8, 4) is 0 Å². The van der Waals surface area contributed by atoms with Crippen LogP contribution in [0.4, 0.5) is 4.79 Å². The second-order valence-corrected chi connectivity index (χ2v) is 6.25. The molecular formula is C15H25N3O4. The van der Waals surface area contributed by atoms with Crippen LogP contribution in [0.3, 0.4) is 0 Å². The van der Waals surface area contributed by atoms with E-state index >= 15 is 0 Å². The van der Waals surface area contributed by atoms with Crippen LogP contribution in [0.2, 0.25) is 0 Å². The van der Waals surface area contributed by atoms with E-state index in [1.807, 2.05) is 4.90 Å². The first-order valence-corrected chi connectivity index (χ1v) is 7.97. The van der Waals surface area contributed by atoms with E-state index in [0.717, 1.165) is 25.7 Å². The number of aliphatic carboxylic acids is 1. The van der Waals surface area contributed by atoms with Crippen LogP contribution in [-0.4, -0.2) is 64.5 Å². The van der Waals surface area contributed by atoms with E-state index in [1.165, 1.54) is 6.42 Å². The molecule has 1 aliphatic heterocycles. The number of carbonyl (C=O) groups excluding carboxylic acids is 2. The fraction of sp³-hybridized carbons (Fsp3) is 0.800. The molecule has 1 saturated heterocycles. The number of nitrogens with one attached hydrogen (secondary N) is 1. The molecule has 0 atom stereocenters. The minimum absolute atomic E-state index is 0.0767. The van der Waals surface area contributed by atoms with Crippen LogP contribution in [0.15, 0.2) is 0 Å². The summed E-state index contributed by atoms with van der Waals surface area (Å²) in [5.74, 6) is -0.849. The van der Waals surface area contributed by atoms with Crippen molar-refractivity contribution in [1.82, 2.24) is 15.1 Å². The lowest BCUT2D eigenvalue weighted by atomic mass is 9.78. The topological polar surface area (TPSA) is 90.0 Å². The van der Waals surface area contributed by atoms with Gasteiger partial charge in [0.1, 0.15) is 0 Å². The molecule has 0 aromatic carbocycles. The molecule has 1 saturated carbocycles. The van der Waals surface area contributed by atoms with Crippen molar-refractivity contribution in [1.29, 1.82) is 0 Å². The highest BCUT2D eigenvalue weighted by molar-refractivity contribution is 5.77. The van der Waals surface area contributed by atoms with Crippen molar-refractivity contribution in [2.24, 2.45) is 0 Å². The maximum atomic E-state index is 12.2. The Morgan fingerprint density at radius 2 is 1.82 bits per heavy atom. The van der Waals surface area contributed by atoms with E-state index in [2.05, 4.69) is 5.32 Å². The summed E-state index contributed by atoms with van der Waals surface area (Å²) in [6.45, 7) is 3.33. The van der Waals surface area contributed by atoms with E-state index in [4.69, 9.17) is 5.11 Å². The second kappa shape index (κ2) is 6.98. The summed E-state index contributed by atoms with van der Waals surface area (Å²) in [7, 11) is 0. The predicted molar refractivity (Wildman–Crippen MR) is 80.4 cm³/mol. The molecule has 124 valence electrons. The summed E-state index contributed by atoms with van der Waals surface area (Å²) in [4.78, 5) is 38.3. The molecule has 0 aromatic rings. The minimum atomic E-state index is -0.926. The van der Waals surface area contributed by atoms with Gasteiger partial charge >= 0.3 is 12.0 Å². The molecule has 1 spiro atoms. The molecule has 2 fully saturated rings. The molecule has 7 nitrogen and oxygen atoms in total. The third kappa shape index (κ3) is 3.69. The lowest BCUT2D eigenvalue weighted by Crippen LogP contribution is -2.66. The monoisotopic (exact) mass is 311 g/mol. The van der Waals surface area contributed by atoms with Crippen LogP contribution >= 0.6 is 0 Å². The van der Waals surface area contributed by atoms with Gasteiger partial charge in [0.25, 0.3) is 0 Å². The Hall–Kier alpha value is -1.79. The Morgan fingerprint density at radius 1 is 1.14 bits per heavy atom. The van der Waals surface area contributed by atoms with Crippen molar-refractivity contribution in [3.05, 3.63) is 0 Å². The highest BCUT2D eigenvalue weighted by Gasteiger charge is 2.44. The third-order valence-electron chi connectivity index (χ3n) is 4.72. The number of amides is 3. The first kappa shape index (κ1) is 16.6. The van der Waals surface area contributed by atoms with Crippen molar-refractivity contribution >= 4 is 17.9 Å². The minimum Gasteiger partial charge on any atom is -0.481 e. The molecular weight excluding hydrogens is 286 g/mol. The van der Waals surface area contributed by atoms with Gasteiger partial charge in [0.15, 0.2) is 0 Å². The van der Waals surface area contributed by atoms with Crippen LogP contribution in [0.25, 0.3) is 0 Å². The van der Waals surface area contributed by atoms with Gasteiger partial charge in [-0.1, -0.05) is 19.3 Å².